The second-order valence-corrected chi connectivity index (χ2v) is 6.76. The van der Waals surface area contributed by atoms with E-state index in [1.54, 1.807) is 17.2 Å². The maximum Gasteiger partial charge on any atom is 0.246 e. The zero-order valence-corrected chi connectivity index (χ0v) is 12.5. The summed E-state index contributed by atoms with van der Waals surface area (Å²) >= 11 is 0. The van der Waals surface area contributed by atoms with Crippen molar-refractivity contribution >= 4 is 10.0 Å². The third-order valence-corrected chi connectivity index (χ3v) is 5.24. The lowest BCUT2D eigenvalue weighted by Gasteiger charge is -2.25. The van der Waals surface area contributed by atoms with Crippen LogP contribution in [-0.4, -0.2) is 57.4 Å². The van der Waals surface area contributed by atoms with E-state index in [4.69, 9.17) is 0 Å². The molecule has 0 spiro atoms. The van der Waals surface area contributed by atoms with Crippen LogP contribution in [0.3, 0.4) is 0 Å². The summed E-state index contributed by atoms with van der Waals surface area (Å²) in [7, 11) is -1.70. The Kier molecular flexibility index (Phi) is 3.74. The van der Waals surface area contributed by atoms with Gasteiger partial charge < -0.3 is 9.88 Å². The number of sulfonamides is 1. The Morgan fingerprint density at radius 1 is 1.38 bits per heavy atom. The lowest BCUT2D eigenvalue weighted by atomic mass is 10.4. The lowest BCUT2D eigenvalue weighted by Crippen LogP contribution is -2.38. The molecular formula is C11H17N7O2S. The highest BCUT2D eigenvalue weighted by Crippen LogP contribution is 2.20. The normalized spacial score (nSPS) is 16.0. The van der Waals surface area contributed by atoms with Crippen LogP contribution in [0, 0.1) is 0 Å². The van der Waals surface area contributed by atoms with Gasteiger partial charge in [0, 0.05) is 25.8 Å². The Hall–Kier alpha value is -1.78. The molecule has 9 nitrogen and oxygen atoms in total. The van der Waals surface area contributed by atoms with Crippen molar-refractivity contribution in [2.75, 3.05) is 20.1 Å². The molecule has 10 heteroatoms. The summed E-state index contributed by atoms with van der Waals surface area (Å²) in [5.74, 6) is 0.660. The molecule has 0 fully saturated rings. The Morgan fingerprint density at radius 3 is 3.05 bits per heavy atom. The first-order chi connectivity index (χ1) is 10.1. The van der Waals surface area contributed by atoms with Crippen molar-refractivity contribution in [3.8, 4) is 0 Å². The summed E-state index contributed by atoms with van der Waals surface area (Å²) in [5.41, 5.74) is 0. The van der Waals surface area contributed by atoms with E-state index in [0.717, 1.165) is 6.54 Å². The largest absolute Gasteiger partial charge is 0.318 e. The summed E-state index contributed by atoms with van der Waals surface area (Å²) < 4.78 is 30.1. The van der Waals surface area contributed by atoms with Gasteiger partial charge in [0.25, 0.3) is 0 Å². The van der Waals surface area contributed by atoms with Gasteiger partial charge in [-0.3, -0.25) is 4.68 Å². The van der Waals surface area contributed by atoms with Crippen molar-refractivity contribution in [3.63, 3.8) is 0 Å². The van der Waals surface area contributed by atoms with Crippen molar-refractivity contribution in [2.24, 2.45) is 0 Å². The molecule has 2 aromatic heterocycles. The fourth-order valence-corrected chi connectivity index (χ4v) is 3.57. The van der Waals surface area contributed by atoms with Crippen LogP contribution in [0.1, 0.15) is 5.82 Å². The van der Waals surface area contributed by atoms with Crippen molar-refractivity contribution in [3.05, 3.63) is 24.5 Å². The zero-order chi connectivity index (χ0) is 14.9. The predicted octanol–water partition coefficient (Wildman–Crippen LogP) is -1.10. The zero-order valence-electron chi connectivity index (χ0n) is 11.7. The number of hydrogen-bond acceptors (Lipinski definition) is 6. The van der Waals surface area contributed by atoms with Gasteiger partial charge in [0.2, 0.25) is 10.0 Å². The van der Waals surface area contributed by atoms with Crippen LogP contribution in [0.4, 0.5) is 0 Å². The van der Waals surface area contributed by atoms with Gasteiger partial charge in [-0.1, -0.05) is 0 Å². The van der Waals surface area contributed by atoms with Crippen LogP contribution in [0.2, 0.25) is 0 Å². The van der Waals surface area contributed by atoms with Gasteiger partial charge in [0.1, 0.15) is 17.0 Å². The number of hydrogen-bond donors (Lipinski definition) is 1. The van der Waals surface area contributed by atoms with Gasteiger partial charge in [-0.05, 0) is 7.05 Å². The van der Waals surface area contributed by atoms with Crippen LogP contribution in [0.5, 0.6) is 0 Å². The second kappa shape index (κ2) is 5.54. The van der Waals surface area contributed by atoms with Crippen molar-refractivity contribution in [2.45, 2.75) is 24.5 Å². The van der Waals surface area contributed by atoms with Crippen molar-refractivity contribution in [1.82, 2.24) is 34.2 Å². The minimum atomic E-state index is -3.54. The Morgan fingerprint density at radius 2 is 2.24 bits per heavy atom. The summed E-state index contributed by atoms with van der Waals surface area (Å²) in [6, 6.07) is 0. The molecule has 0 bridgehead atoms. The van der Waals surface area contributed by atoms with Gasteiger partial charge in [-0.25, -0.2) is 8.42 Å². The van der Waals surface area contributed by atoms with Gasteiger partial charge in [-0.2, -0.15) is 9.40 Å². The van der Waals surface area contributed by atoms with E-state index in [1.165, 1.54) is 10.5 Å². The Labute approximate surface area is 122 Å². The molecule has 0 aromatic carbocycles. The van der Waals surface area contributed by atoms with Crippen LogP contribution < -0.4 is 5.32 Å². The molecule has 0 atom stereocenters. The Balaban J connectivity index is 1.79. The monoisotopic (exact) mass is 311 g/mol. The highest BCUT2D eigenvalue weighted by Gasteiger charge is 2.30. The quantitative estimate of drug-likeness (QED) is 0.752. The summed E-state index contributed by atoms with van der Waals surface area (Å²) in [4.78, 5) is 0.214. The van der Waals surface area contributed by atoms with Crippen LogP contribution in [0.25, 0.3) is 0 Å². The third kappa shape index (κ3) is 2.69. The first kappa shape index (κ1) is 14.2. The molecule has 3 rings (SSSR count). The molecule has 0 aliphatic carbocycles. The summed E-state index contributed by atoms with van der Waals surface area (Å²) in [6.45, 7) is 2.57. The van der Waals surface area contributed by atoms with E-state index in [9.17, 15) is 8.42 Å². The topological polar surface area (TPSA) is 97.9 Å². The van der Waals surface area contributed by atoms with E-state index in [1.807, 2.05) is 11.6 Å². The number of aromatic nitrogens is 5. The fraction of sp³-hybridized carbons (Fsp3) is 0.545. The smallest absolute Gasteiger partial charge is 0.246 e. The third-order valence-electron chi connectivity index (χ3n) is 3.44. The molecule has 0 saturated carbocycles. The lowest BCUT2D eigenvalue weighted by molar-refractivity contribution is 0.335. The van der Waals surface area contributed by atoms with Crippen molar-refractivity contribution < 1.29 is 8.42 Å². The number of fused-ring (bicyclic) bond motifs is 1. The number of likely N-dealkylation sites (N-methyl/N-ethyl adjacent to an activating group) is 1. The second-order valence-electron chi connectivity index (χ2n) is 4.82. The average Bonchev–Trinajstić information content (AvgIpc) is 3.13. The molecule has 0 amide bonds. The molecule has 3 heterocycles. The standard InChI is InChI=1S/C11H17N7O2S/c1-12-2-3-17-7-10(6-14-17)21(19,20)18-5-4-16-9-13-15-11(16)8-18/h6-7,9,12H,2-5,8H2,1H3. The molecule has 1 aliphatic rings. The maximum absolute atomic E-state index is 12.6. The van der Waals surface area contributed by atoms with E-state index in [0.29, 0.717) is 25.5 Å². The predicted molar refractivity (Wildman–Crippen MR) is 73.8 cm³/mol. The minimum absolute atomic E-state index is 0.214. The molecule has 0 radical (unpaired) electrons. The molecule has 1 aliphatic heterocycles. The van der Waals surface area contributed by atoms with Crippen LogP contribution >= 0.6 is 0 Å². The fourth-order valence-electron chi connectivity index (χ4n) is 2.22. The molecule has 0 unspecified atom stereocenters. The highest BCUT2D eigenvalue weighted by molar-refractivity contribution is 7.89. The van der Waals surface area contributed by atoms with Gasteiger partial charge in [0.15, 0.2) is 0 Å². The van der Waals surface area contributed by atoms with Gasteiger partial charge >= 0.3 is 0 Å². The van der Waals surface area contributed by atoms with E-state index in [2.05, 4.69) is 20.6 Å². The molecule has 2 aromatic rings. The summed E-state index contributed by atoms with van der Waals surface area (Å²) in [6.07, 6.45) is 4.57. The minimum Gasteiger partial charge on any atom is -0.318 e. The van der Waals surface area contributed by atoms with Gasteiger partial charge in [-0.15, -0.1) is 10.2 Å². The average molecular weight is 311 g/mol. The molecule has 114 valence electrons. The molecule has 1 N–H and O–H groups in total. The SMILES string of the molecule is CNCCn1cc(S(=O)(=O)N2CCn3cnnc3C2)cn1. The Bertz CT molecular complexity index is 721. The van der Waals surface area contributed by atoms with E-state index in [-0.39, 0.29) is 11.4 Å². The van der Waals surface area contributed by atoms with Crippen LogP contribution in [-0.2, 0) is 29.7 Å². The number of rotatable bonds is 5. The number of nitrogens with zero attached hydrogens (tertiary/aromatic N) is 6. The number of nitrogens with one attached hydrogen (secondary N) is 1. The molecule has 0 saturated heterocycles. The van der Waals surface area contributed by atoms with E-state index < -0.39 is 10.0 Å². The van der Waals surface area contributed by atoms with Gasteiger partial charge in [0.05, 0.1) is 19.3 Å². The summed E-state index contributed by atoms with van der Waals surface area (Å²) in [5, 5.41) is 14.8. The first-order valence-corrected chi connectivity index (χ1v) is 8.09. The highest BCUT2D eigenvalue weighted by atomic mass is 32.2. The van der Waals surface area contributed by atoms with E-state index >= 15 is 0 Å². The maximum atomic E-state index is 12.6. The van der Waals surface area contributed by atoms with Crippen molar-refractivity contribution in [1.29, 1.82) is 0 Å². The molecule has 21 heavy (non-hydrogen) atoms. The first-order valence-electron chi connectivity index (χ1n) is 6.65. The molecular weight excluding hydrogens is 294 g/mol. The van der Waals surface area contributed by atoms with Crippen LogP contribution in [0.15, 0.2) is 23.6 Å².